The van der Waals surface area contributed by atoms with Crippen LogP contribution in [0, 0.1) is 6.92 Å². The van der Waals surface area contributed by atoms with Crippen LogP contribution in [-0.4, -0.2) is 14.7 Å². The lowest BCUT2D eigenvalue weighted by Crippen LogP contribution is -1.95. The van der Waals surface area contributed by atoms with Crippen molar-refractivity contribution in [3.05, 3.63) is 29.8 Å². The minimum atomic E-state index is -3.44. The minimum absolute atomic E-state index is 0.243. The molecule has 0 radical (unpaired) electrons. The second kappa shape index (κ2) is 3.93. The summed E-state index contributed by atoms with van der Waals surface area (Å²) in [6.45, 7) is 1.90. The summed E-state index contributed by atoms with van der Waals surface area (Å²) >= 11 is 0.945. The van der Waals surface area contributed by atoms with Gasteiger partial charge in [0.25, 0.3) is 0 Å². The molecule has 0 N–H and O–H groups in total. The molecule has 0 bridgehead atoms. The highest BCUT2D eigenvalue weighted by atomic mass is 32.2. The molecular weight excluding hydrogens is 206 g/mol. The molecule has 70 valence electrons. The summed E-state index contributed by atoms with van der Waals surface area (Å²) in [5.41, 5.74) is 1.03. The molecule has 0 aliphatic heterocycles. The Morgan fingerprint density at radius 2 is 1.77 bits per heavy atom. The molecule has 0 saturated carbocycles. The van der Waals surface area contributed by atoms with Crippen LogP contribution in [0.5, 0.6) is 0 Å². The monoisotopic (exact) mass is 216 g/mol. The predicted molar refractivity (Wildman–Crippen MR) is 54.1 cm³/mol. The van der Waals surface area contributed by atoms with E-state index >= 15 is 0 Å². The van der Waals surface area contributed by atoms with Gasteiger partial charge in [-0.3, -0.25) is 0 Å². The Bertz CT molecular complexity index is 406. The molecule has 0 aliphatic rings. The van der Waals surface area contributed by atoms with Gasteiger partial charge in [0.2, 0.25) is 0 Å². The summed E-state index contributed by atoms with van der Waals surface area (Å²) in [5, 5.41) is 0. The SMILES string of the molecule is C[S+]=NS(=O)(=O)c1ccc(C)cc1. The molecule has 0 aromatic heterocycles. The molecule has 0 heterocycles. The van der Waals surface area contributed by atoms with E-state index in [0.29, 0.717) is 0 Å². The van der Waals surface area contributed by atoms with Gasteiger partial charge in [0, 0.05) is 0 Å². The Labute approximate surface area is 82.0 Å². The van der Waals surface area contributed by atoms with E-state index in [1.54, 1.807) is 30.5 Å². The topological polar surface area (TPSA) is 46.5 Å². The highest BCUT2D eigenvalue weighted by molar-refractivity contribution is 7.94. The van der Waals surface area contributed by atoms with Crippen molar-refractivity contribution in [1.29, 1.82) is 0 Å². The number of hydrogen-bond donors (Lipinski definition) is 0. The Balaban J connectivity index is 3.17. The fraction of sp³-hybridized carbons (Fsp3) is 0.250. The molecule has 0 atom stereocenters. The molecule has 1 rings (SSSR count). The fourth-order valence-corrected chi connectivity index (χ4v) is 2.46. The summed E-state index contributed by atoms with van der Waals surface area (Å²) in [7, 11) is -3.44. The fourth-order valence-electron chi connectivity index (χ4n) is 0.851. The first-order valence-electron chi connectivity index (χ1n) is 3.63. The van der Waals surface area contributed by atoms with Crippen LogP contribution >= 0.6 is 0 Å². The van der Waals surface area contributed by atoms with E-state index in [1.165, 1.54) is 0 Å². The zero-order valence-corrected chi connectivity index (χ0v) is 9.02. The van der Waals surface area contributed by atoms with Gasteiger partial charge in [-0.2, -0.15) is 8.42 Å². The van der Waals surface area contributed by atoms with Gasteiger partial charge in [-0.25, -0.2) is 0 Å². The van der Waals surface area contributed by atoms with Gasteiger partial charge in [-0.05, 0) is 19.1 Å². The highest BCUT2D eigenvalue weighted by Gasteiger charge is 2.15. The summed E-state index contributed by atoms with van der Waals surface area (Å²) in [6, 6.07) is 6.63. The number of hydrogen-bond acceptors (Lipinski definition) is 2. The molecule has 0 spiro atoms. The van der Waals surface area contributed by atoms with Crippen LogP contribution in [0.2, 0.25) is 0 Å². The third kappa shape index (κ3) is 2.57. The summed E-state index contributed by atoms with van der Waals surface area (Å²) in [6.07, 6.45) is 1.62. The molecule has 5 heteroatoms. The smallest absolute Gasteiger partial charge is 0.195 e. The van der Waals surface area contributed by atoms with Gasteiger partial charge in [0.05, 0.1) is 4.90 Å². The zero-order valence-electron chi connectivity index (χ0n) is 7.39. The molecule has 0 aliphatic carbocycles. The first-order valence-corrected chi connectivity index (χ1v) is 6.25. The van der Waals surface area contributed by atoms with Crippen LogP contribution in [-0.2, 0) is 21.6 Å². The Morgan fingerprint density at radius 1 is 1.23 bits per heavy atom. The Hall–Kier alpha value is -0.810. The minimum Gasteiger partial charge on any atom is -0.195 e. The molecule has 0 fully saturated rings. The van der Waals surface area contributed by atoms with Crippen molar-refractivity contribution < 1.29 is 8.42 Å². The van der Waals surface area contributed by atoms with Crippen molar-refractivity contribution in [2.24, 2.45) is 3.77 Å². The average molecular weight is 216 g/mol. The maximum absolute atomic E-state index is 11.4. The molecule has 0 unspecified atom stereocenters. The number of benzene rings is 1. The van der Waals surface area contributed by atoms with E-state index in [9.17, 15) is 8.42 Å². The summed E-state index contributed by atoms with van der Waals surface area (Å²) < 4.78 is 26.2. The van der Waals surface area contributed by atoms with Crippen molar-refractivity contribution >= 4 is 21.6 Å². The van der Waals surface area contributed by atoms with Gasteiger partial charge in [-0.15, -0.1) is 0 Å². The van der Waals surface area contributed by atoms with Crippen molar-refractivity contribution in [1.82, 2.24) is 0 Å². The standard InChI is InChI=1S/C8H10NO2S2/c1-7-3-5-8(6-4-7)13(10,11)9-12-2/h3-6H,1-2H3/q+1. The van der Waals surface area contributed by atoms with Crippen LogP contribution in [0.3, 0.4) is 0 Å². The third-order valence-electron chi connectivity index (χ3n) is 1.49. The number of sulfonamides is 1. The van der Waals surface area contributed by atoms with Gasteiger partial charge in [-0.1, -0.05) is 17.7 Å². The molecular formula is C8H10NO2S2+. The lowest BCUT2D eigenvalue weighted by Gasteiger charge is -1.94. The maximum atomic E-state index is 11.4. The third-order valence-corrected chi connectivity index (χ3v) is 3.74. The zero-order chi connectivity index (χ0) is 9.90. The Morgan fingerprint density at radius 3 is 2.23 bits per heavy atom. The van der Waals surface area contributed by atoms with Crippen molar-refractivity contribution in [3.8, 4) is 0 Å². The van der Waals surface area contributed by atoms with Gasteiger partial charge in [0.1, 0.15) is 3.77 Å². The van der Waals surface area contributed by atoms with E-state index < -0.39 is 10.0 Å². The Kier molecular flexibility index (Phi) is 3.11. The lowest BCUT2D eigenvalue weighted by atomic mass is 10.2. The number of nitrogens with zero attached hydrogens (tertiary/aromatic N) is 1. The van der Waals surface area contributed by atoms with E-state index in [0.717, 1.165) is 17.1 Å². The average Bonchev–Trinajstić information content (AvgIpc) is 2.05. The van der Waals surface area contributed by atoms with Crippen LogP contribution < -0.4 is 0 Å². The first kappa shape index (κ1) is 10.3. The summed E-state index contributed by atoms with van der Waals surface area (Å²) in [5.74, 6) is 0. The van der Waals surface area contributed by atoms with E-state index in [-0.39, 0.29) is 4.90 Å². The lowest BCUT2D eigenvalue weighted by molar-refractivity contribution is 0.598. The van der Waals surface area contributed by atoms with Gasteiger partial charge >= 0.3 is 21.6 Å². The van der Waals surface area contributed by atoms with Crippen molar-refractivity contribution in [2.75, 3.05) is 6.26 Å². The van der Waals surface area contributed by atoms with Crippen LogP contribution in [0.15, 0.2) is 32.9 Å². The van der Waals surface area contributed by atoms with Crippen LogP contribution in [0.25, 0.3) is 0 Å². The first-order chi connectivity index (χ1) is 6.06. The van der Waals surface area contributed by atoms with Crippen LogP contribution in [0.4, 0.5) is 0 Å². The molecule has 0 amide bonds. The van der Waals surface area contributed by atoms with Gasteiger partial charge in [0.15, 0.2) is 6.26 Å². The normalized spacial score (nSPS) is 12.2. The maximum Gasteiger partial charge on any atom is 0.330 e. The number of rotatable bonds is 2. The highest BCUT2D eigenvalue weighted by Crippen LogP contribution is 2.12. The summed E-state index contributed by atoms with van der Waals surface area (Å²) in [4.78, 5) is 0.243. The second-order valence-corrected chi connectivity index (χ2v) is 4.93. The molecule has 1 aromatic carbocycles. The van der Waals surface area contributed by atoms with E-state index in [2.05, 4.69) is 3.77 Å². The van der Waals surface area contributed by atoms with E-state index in [4.69, 9.17) is 0 Å². The molecule has 3 nitrogen and oxygen atoms in total. The van der Waals surface area contributed by atoms with E-state index in [1.807, 2.05) is 6.92 Å². The molecule has 13 heavy (non-hydrogen) atoms. The second-order valence-electron chi connectivity index (χ2n) is 2.55. The number of aryl methyl sites for hydroxylation is 1. The largest absolute Gasteiger partial charge is 0.330 e. The van der Waals surface area contributed by atoms with Crippen molar-refractivity contribution in [3.63, 3.8) is 0 Å². The van der Waals surface area contributed by atoms with Gasteiger partial charge < -0.3 is 0 Å². The molecule has 0 saturated heterocycles. The predicted octanol–water partition coefficient (Wildman–Crippen LogP) is 1.58. The van der Waals surface area contributed by atoms with Crippen LogP contribution in [0.1, 0.15) is 5.56 Å². The van der Waals surface area contributed by atoms with Crippen molar-refractivity contribution in [2.45, 2.75) is 11.8 Å². The molecule has 1 aromatic rings. The quantitative estimate of drug-likeness (QED) is 0.705.